The molecule has 0 N–H and O–H groups in total. The Morgan fingerprint density at radius 2 is 1.23 bits per heavy atom. The van der Waals surface area contributed by atoms with Crippen LogP contribution in [0.25, 0.3) is 0 Å². The lowest BCUT2D eigenvalue weighted by molar-refractivity contribution is 0.0990. The lowest BCUT2D eigenvalue weighted by Crippen LogP contribution is -2.26. The molecule has 0 aliphatic heterocycles. The minimum atomic E-state index is 0.0153. The molecule has 3 heteroatoms. The normalized spacial score (nSPS) is 9.57. The topological polar surface area (TPSA) is 37.4 Å². The summed E-state index contributed by atoms with van der Waals surface area (Å²) in [6.45, 7) is 9.87. The molecule has 0 bridgehead atoms. The molecular weight excluding hydrogens is 370 g/mol. The average Bonchev–Trinajstić information content (AvgIpc) is 2.81. The van der Waals surface area contributed by atoms with E-state index < -0.39 is 0 Å². The fraction of sp³-hybridized carbons (Fsp3) is 0.259. The molecule has 0 spiro atoms. The molecule has 0 atom stereocenters. The van der Waals surface area contributed by atoms with Crippen molar-refractivity contribution < 1.29 is 9.59 Å². The van der Waals surface area contributed by atoms with Crippen molar-refractivity contribution in [3.8, 4) is 0 Å². The highest BCUT2D eigenvalue weighted by Crippen LogP contribution is 2.22. The summed E-state index contributed by atoms with van der Waals surface area (Å²) in [4.78, 5) is 24.7. The van der Waals surface area contributed by atoms with Crippen molar-refractivity contribution in [2.75, 3.05) is 11.9 Å². The van der Waals surface area contributed by atoms with Crippen LogP contribution in [0.3, 0.4) is 0 Å². The van der Waals surface area contributed by atoms with E-state index in [9.17, 15) is 9.59 Å². The number of hydrogen-bond acceptors (Lipinski definition) is 2. The first-order valence-corrected chi connectivity index (χ1v) is 10.4. The number of hydrogen-bond donors (Lipinski definition) is 0. The molecule has 0 heterocycles. The van der Waals surface area contributed by atoms with Gasteiger partial charge in [-0.1, -0.05) is 88.4 Å². The highest BCUT2D eigenvalue weighted by atomic mass is 16.2. The summed E-state index contributed by atoms with van der Waals surface area (Å²) in [5.41, 5.74) is 3.66. The quantitative estimate of drug-likeness (QED) is 0.440. The average molecular weight is 404 g/mol. The van der Waals surface area contributed by atoms with Crippen molar-refractivity contribution in [3.05, 3.63) is 102 Å². The Bertz CT molecular complexity index is 902. The molecule has 0 aliphatic rings. The van der Waals surface area contributed by atoms with Gasteiger partial charge in [-0.3, -0.25) is 9.59 Å². The van der Waals surface area contributed by atoms with E-state index in [4.69, 9.17) is 0 Å². The third kappa shape index (κ3) is 7.67. The molecule has 0 fully saturated rings. The van der Waals surface area contributed by atoms with Gasteiger partial charge in [-0.15, -0.1) is 0 Å². The minimum Gasteiger partial charge on any atom is -0.311 e. The van der Waals surface area contributed by atoms with E-state index in [1.54, 1.807) is 11.8 Å². The first kappa shape index (κ1) is 24.8. The molecule has 3 aromatic carbocycles. The molecule has 0 radical (unpaired) electrons. The monoisotopic (exact) mass is 403 g/mol. The van der Waals surface area contributed by atoms with E-state index in [-0.39, 0.29) is 11.7 Å². The number of ketones is 1. The van der Waals surface area contributed by atoms with Gasteiger partial charge in [0.15, 0.2) is 5.78 Å². The van der Waals surface area contributed by atoms with Gasteiger partial charge >= 0.3 is 0 Å². The Kier molecular flexibility index (Phi) is 10.8. The lowest BCUT2D eigenvalue weighted by Gasteiger charge is -2.19. The van der Waals surface area contributed by atoms with Crippen LogP contribution < -0.4 is 4.90 Å². The van der Waals surface area contributed by atoms with Crippen molar-refractivity contribution >= 4 is 17.4 Å². The van der Waals surface area contributed by atoms with Crippen molar-refractivity contribution in [2.45, 2.75) is 40.5 Å². The molecule has 3 rings (SSSR count). The minimum absolute atomic E-state index is 0.0153. The lowest BCUT2D eigenvalue weighted by atomic mass is 10.0. The van der Waals surface area contributed by atoms with Crippen LogP contribution in [0.5, 0.6) is 0 Å². The Morgan fingerprint density at radius 3 is 1.67 bits per heavy atom. The van der Waals surface area contributed by atoms with Gasteiger partial charge in [0.05, 0.1) is 0 Å². The number of rotatable bonds is 4. The van der Waals surface area contributed by atoms with Gasteiger partial charge in [0.2, 0.25) is 0 Å². The van der Waals surface area contributed by atoms with Crippen LogP contribution in [0, 0.1) is 0 Å². The number of nitrogens with zero attached hydrogens (tertiary/aromatic N) is 1. The van der Waals surface area contributed by atoms with E-state index in [0.717, 1.165) is 11.3 Å². The van der Waals surface area contributed by atoms with Crippen molar-refractivity contribution in [2.24, 2.45) is 0 Å². The van der Waals surface area contributed by atoms with Crippen LogP contribution in [0.4, 0.5) is 5.69 Å². The van der Waals surface area contributed by atoms with Gasteiger partial charge in [0, 0.05) is 23.9 Å². The highest BCUT2D eigenvalue weighted by Gasteiger charge is 2.13. The van der Waals surface area contributed by atoms with Gasteiger partial charge in [0.1, 0.15) is 0 Å². The molecule has 30 heavy (non-hydrogen) atoms. The predicted molar refractivity (Wildman–Crippen MR) is 128 cm³/mol. The summed E-state index contributed by atoms with van der Waals surface area (Å²) in [6, 6.07) is 26.7. The standard InChI is InChI=1S/C17H19NO.C8H8O.C2H6/c1-13(2)15-10-7-11-16(12-15)18(3)17(19)14-8-5-4-6-9-14;1-7(9)8-5-3-2-4-6-8;1-2/h4-13H,1-3H3;2-6H,1H3;1-2H3. The number of amides is 1. The largest absolute Gasteiger partial charge is 0.311 e. The van der Waals surface area contributed by atoms with Crippen molar-refractivity contribution in [3.63, 3.8) is 0 Å². The van der Waals surface area contributed by atoms with Crippen LogP contribution in [0.1, 0.15) is 66.8 Å². The Morgan fingerprint density at radius 1 is 0.733 bits per heavy atom. The molecular formula is C27H33NO2. The number of carbonyl (C=O) groups is 2. The summed E-state index contributed by atoms with van der Waals surface area (Å²) >= 11 is 0. The second-order valence-corrected chi connectivity index (χ2v) is 6.90. The molecule has 0 aliphatic carbocycles. The Hall–Kier alpha value is -3.20. The zero-order valence-corrected chi connectivity index (χ0v) is 18.9. The first-order valence-electron chi connectivity index (χ1n) is 10.4. The third-order valence-electron chi connectivity index (χ3n) is 4.43. The molecule has 3 aromatic rings. The number of carbonyl (C=O) groups excluding carboxylic acids is 2. The number of benzene rings is 3. The molecule has 0 unspecified atom stereocenters. The second-order valence-electron chi connectivity index (χ2n) is 6.90. The Labute approximate surface area is 181 Å². The summed E-state index contributed by atoms with van der Waals surface area (Å²) in [5.74, 6) is 0.595. The van der Waals surface area contributed by atoms with E-state index in [1.807, 2.05) is 93.7 Å². The predicted octanol–water partition coefficient (Wildman–Crippen LogP) is 7.00. The SMILES string of the molecule is CC.CC(=O)c1ccccc1.CC(C)c1cccc(N(C)C(=O)c2ccccc2)c1. The van der Waals surface area contributed by atoms with Crippen LogP contribution in [0.2, 0.25) is 0 Å². The van der Waals surface area contributed by atoms with Crippen LogP contribution in [0.15, 0.2) is 84.9 Å². The molecule has 0 saturated heterocycles. The molecule has 0 saturated carbocycles. The molecule has 158 valence electrons. The van der Waals surface area contributed by atoms with Gasteiger partial charge in [-0.2, -0.15) is 0 Å². The zero-order valence-electron chi connectivity index (χ0n) is 18.9. The fourth-order valence-electron chi connectivity index (χ4n) is 2.66. The van der Waals surface area contributed by atoms with Gasteiger partial charge in [-0.05, 0) is 42.7 Å². The van der Waals surface area contributed by atoms with Gasteiger partial charge in [-0.25, -0.2) is 0 Å². The van der Waals surface area contributed by atoms with E-state index in [2.05, 4.69) is 26.0 Å². The second kappa shape index (κ2) is 13.1. The van der Waals surface area contributed by atoms with Gasteiger partial charge in [0.25, 0.3) is 5.91 Å². The molecule has 1 amide bonds. The fourth-order valence-corrected chi connectivity index (χ4v) is 2.66. The first-order chi connectivity index (χ1) is 14.4. The van der Waals surface area contributed by atoms with E-state index in [0.29, 0.717) is 11.5 Å². The molecule has 3 nitrogen and oxygen atoms in total. The van der Waals surface area contributed by atoms with Crippen LogP contribution in [-0.4, -0.2) is 18.7 Å². The maximum Gasteiger partial charge on any atom is 0.258 e. The van der Waals surface area contributed by atoms with Crippen LogP contribution >= 0.6 is 0 Å². The molecule has 0 aromatic heterocycles. The zero-order chi connectivity index (χ0) is 22.5. The van der Waals surface area contributed by atoms with Crippen molar-refractivity contribution in [1.82, 2.24) is 0 Å². The maximum absolute atomic E-state index is 12.4. The summed E-state index contributed by atoms with van der Waals surface area (Å²) in [7, 11) is 1.81. The van der Waals surface area contributed by atoms with Crippen LogP contribution in [-0.2, 0) is 0 Å². The maximum atomic E-state index is 12.4. The summed E-state index contributed by atoms with van der Waals surface area (Å²) in [6.07, 6.45) is 0. The Balaban J connectivity index is 0.000000342. The van der Waals surface area contributed by atoms with Gasteiger partial charge < -0.3 is 4.90 Å². The van der Waals surface area contributed by atoms with E-state index in [1.165, 1.54) is 5.56 Å². The number of anilines is 1. The highest BCUT2D eigenvalue weighted by molar-refractivity contribution is 6.05. The number of Topliss-reactive ketones (excluding diaryl/α,β-unsaturated/α-hetero) is 1. The summed E-state index contributed by atoms with van der Waals surface area (Å²) < 4.78 is 0. The van der Waals surface area contributed by atoms with Crippen molar-refractivity contribution in [1.29, 1.82) is 0 Å². The smallest absolute Gasteiger partial charge is 0.258 e. The van der Waals surface area contributed by atoms with E-state index >= 15 is 0 Å². The summed E-state index contributed by atoms with van der Waals surface area (Å²) in [5, 5.41) is 0. The third-order valence-corrected chi connectivity index (χ3v) is 4.43.